The van der Waals surface area contributed by atoms with Gasteiger partial charge in [0.1, 0.15) is 0 Å². The van der Waals surface area contributed by atoms with Crippen LogP contribution in [0.4, 0.5) is 0 Å². The lowest BCUT2D eigenvalue weighted by molar-refractivity contribution is 0.462. The molecule has 0 aliphatic heterocycles. The van der Waals surface area contributed by atoms with Crippen LogP contribution in [0.5, 0.6) is 0 Å². The van der Waals surface area contributed by atoms with Crippen LogP contribution in [0.25, 0.3) is 0 Å². The molecule has 1 aromatic rings. The summed E-state index contributed by atoms with van der Waals surface area (Å²) in [4.78, 5) is 0. The largest absolute Gasteiger partial charge is 0.314 e. The van der Waals surface area contributed by atoms with Gasteiger partial charge in [0.05, 0.1) is 5.75 Å². The zero-order valence-corrected chi connectivity index (χ0v) is 14.7. The molecule has 1 rings (SSSR count). The topological polar surface area (TPSA) is 49.4 Å². The van der Waals surface area contributed by atoms with Crippen LogP contribution in [-0.4, -0.2) is 38.1 Å². The van der Waals surface area contributed by atoms with E-state index < -0.39 is 10.0 Å². The number of nitrogens with one attached hydrogen (secondary N) is 1. The molecule has 4 nitrogen and oxygen atoms in total. The van der Waals surface area contributed by atoms with E-state index in [1.54, 1.807) is 7.05 Å². The minimum atomic E-state index is -3.20. The molecular weight excluding hydrogens is 340 g/mol. The Hall–Kier alpha value is -0.430. The van der Waals surface area contributed by atoms with Crippen LogP contribution < -0.4 is 5.32 Å². The first-order valence-corrected chi connectivity index (χ1v) is 9.14. The van der Waals surface area contributed by atoms with Crippen molar-refractivity contribution in [3.05, 3.63) is 34.3 Å². The van der Waals surface area contributed by atoms with E-state index in [1.807, 2.05) is 38.1 Å². The highest BCUT2D eigenvalue weighted by Crippen LogP contribution is 2.18. The lowest BCUT2D eigenvalue weighted by Crippen LogP contribution is -2.31. The van der Waals surface area contributed by atoms with Gasteiger partial charge in [-0.1, -0.05) is 48.0 Å². The summed E-state index contributed by atoms with van der Waals surface area (Å²) in [5.74, 6) is 0.174. The molecule has 0 aromatic heterocycles. The van der Waals surface area contributed by atoms with Gasteiger partial charge >= 0.3 is 0 Å². The molecule has 0 saturated carbocycles. The molecule has 20 heavy (non-hydrogen) atoms. The normalized spacial score (nSPS) is 12.3. The van der Waals surface area contributed by atoms with E-state index in [0.29, 0.717) is 19.0 Å². The van der Waals surface area contributed by atoms with Gasteiger partial charge in [0.2, 0.25) is 10.0 Å². The van der Waals surface area contributed by atoms with Crippen LogP contribution >= 0.6 is 15.9 Å². The summed E-state index contributed by atoms with van der Waals surface area (Å²) in [5.41, 5.74) is 0.971. The maximum Gasteiger partial charge on any atom is 0.214 e. The van der Waals surface area contributed by atoms with Crippen molar-refractivity contribution in [1.82, 2.24) is 9.62 Å². The third-order valence-corrected chi connectivity index (χ3v) is 5.61. The fourth-order valence-corrected chi connectivity index (χ4v) is 3.33. The molecule has 0 unspecified atom stereocenters. The van der Waals surface area contributed by atoms with Gasteiger partial charge in [-0.05, 0) is 24.6 Å². The van der Waals surface area contributed by atoms with Gasteiger partial charge in [-0.25, -0.2) is 12.7 Å². The summed E-state index contributed by atoms with van der Waals surface area (Å²) in [6.07, 6.45) is 0.626. The van der Waals surface area contributed by atoms with Crippen LogP contribution in [0.1, 0.15) is 25.8 Å². The monoisotopic (exact) mass is 362 g/mol. The van der Waals surface area contributed by atoms with Crippen molar-refractivity contribution in [2.24, 2.45) is 0 Å². The first kappa shape index (κ1) is 17.6. The molecule has 1 N–H and O–H groups in total. The van der Waals surface area contributed by atoms with E-state index in [1.165, 1.54) is 4.31 Å². The second-order valence-electron chi connectivity index (χ2n) is 5.13. The average Bonchev–Trinajstić information content (AvgIpc) is 2.37. The summed E-state index contributed by atoms with van der Waals surface area (Å²) < 4.78 is 26.7. The van der Waals surface area contributed by atoms with Crippen LogP contribution in [0.2, 0.25) is 0 Å². The molecule has 0 amide bonds. The Morgan fingerprint density at radius 1 is 1.30 bits per heavy atom. The molecule has 0 radical (unpaired) electrons. The molecule has 0 fully saturated rings. The van der Waals surface area contributed by atoms with Crippen LogP contribution in [0.15, 0.2) is 28.7 Å². The molecule has 0 spiro atoms. The fourth-order valence-electron chi connectivity index (χ4n) is 1.77. The van der Waals surface area contributed by atoms with Crippen molar-refractivity contribution in [2.75, 3.05) is 19.3 Å². The smallest absolute Gasteiger partial charge is 0.214 e. The second kappa shape index (κ2) is 8.12. The predicted octanol–water partition coefficient (Wildman–Crippen LogP) is 2.60. The summed E-state index contributed by atoms with van der Waals surface area (Å²) >= 11 is 3.44. The van der Waals surface area contributed by atoms with Crippen LogP contribution in [-0.2, 0) is 16.6 Å². The third kappa shape index (κ3) is 5.91. The quantitative estimate of drug-likeness (QED) is 0.723. The number of benzene rings is 1. The molecule has 1 aromatic carbocycles. The summed E-state index contributed by atoms with van der Waals surface area (Å²) in [7, 11) is -1.57. The van der Waals surface area contributed by atoms with E-state index in [4.69, 9.17) is 0 Å². The standard InChI is InChI=1S/C14H23BrN2O2S/c1-12(2)16-9-6-10-20(18,19)17(3)11-13-7-4-5-8-14(13)15/h4-5,7-8,12,16H,6,9-11H2,1-3H3. The highest BCUT2D eigenvalue weighted by molar-refractivity contribution is 9.10. The van der Waals surface area contributed by atoms with Gasteiger partial charge in [0.15, 0.2) is 0 Å². The Morgan fingerprint density at radius 2 is 1.95 bits per heavy atom. The van der Waals surface area contributed by atoms with Gasteiger partial charge in [-0.15, -0.1) is 0 Å². The highest BCUT2D eigenvalue weighted by Gasteiger charge is 2.18. The van der Waals surface area contributed by atoms with Gasteiger partial charge in [0, 0.05) is 24.1 Å². The van der Waals surface area contributed by atoms with E-state index in [0.717, 1.165) is 16.6 Å². The highest BCUT2D eigenvalue weighted by atomic mass is 79.9. The maximum atomic E-state index is 12.2. The number of halogens is 1. The Balaban J connectivity index is 2.53. The zero-order chi connectivity index (χ0) is 15.2. The Morgan fingerprint density at radius 3 is 2.55 bits per heavy atom. The number of hydrogen-bond donors (Lipinski definition) is 1. The van der Waals surface area contributed by atoms with Gasteiger partial charge in [-0.2, -0.15) is 0 Å². The van der Waals surface area contributed by atoms with Crippen molar-refractivity contribution >= 4 is 26.0 Å². The zero-order valence-electron chi connectivity index (χ0n) is 12.3. The number of nitrogens with zero attached hydrogens (tertiary/aromatic N) is 1. The molecule has 0 bridgehead atoms. The third-order valence-electron chi connectivity index (χ3n) is 2.96. The first-order chi connectivity index (χ1) is 9.33. The molecule has 0 heterocycles. The van der Waals surface area contributed by atoms with E-state index in [2.05, 4.69) is 21.2 Å². The average molecular weight is 363 g/mol. The van der Waals surface area contributed by atoms with E-state index in [9.17, 15) is 8.42 Å². The lowest BCUT2D eigenvalue weighted by Gasteiger charge is -2.18. The van der Waals surface area contributed by atoms with Gasteiger partial charge < -0.3 is 5.32 Å². The SMILES string of the molecule is CC(C)NCCCS(=O)(=O)N(C)Cc1ccccc1Br. The van der Waals surface area contributed by atoms with Crippen molar-refractivity contribution in [2.45, 2.75) is 32.9 Å². The lowest BCUT2D eigenvalue weighted by atomic mass is 10.2. The molecule has 114 valence electrons. The first-order valence-electron chi connectivity index (χ1n) is 6.73. The van der Waals surface area contributed by atoms with Gasteiger partial charge in [-0.3, -0.25) is 0 Å². The predicted molar refractivity (Wildman–Crippen MR) is 87.2 cm³/mol. The molecular formula is C14H23BrN2O2S. The number of sulfonamides is 1. The van der Waals surface area contributed by atoms with Crippen molar-refractivity contribution in [1.29, 1.82) is 0 Å². The Labute approximate surface area is 130 Å². The van der Waals surface area contributed by atoms with E-state index >= 15 is 0 Å². The second-order valence-corrected chi connectivity index (χ2v) is 8.18. The molecule has 0 atom stereocenters. The Kier molecular flexibility index (Phi) is 7.15. The minimum Gasteiger partial charge on any atom is -0.314 e. The number of hydrogen-bond acceptors (Lipinski definition) is 3. The Bertz CT molecular complexity index is 518. The summed E-state index contributed by atoms with van der Waals surface area (Å²) in [6.45, 7) is 5.21. The molecule has 6 heteroatoms. The minimum absolute atomic E-state index is 0.174. The van der Waals surface area contributed by atoms with Gasteiger partial charge in [0.25, 0.3) is 0 Å². The molecule has 0 aliphatic carbocycles. The number of rotatable bonds is 8. The van der Waals surface area contributed by atoms with Crippen molar-refractivity contribution in [3.63, 3.8) is 0 Å². The van der Waals surface area contributed by atoms with E-state index in [-0.39, 0.29) is 5.75 Å². The molecule has 0 aliphatic rings. The summed E-state index contributed by atoms with van der Waals surface area (Å²) in [5, 5.41) is 3.23. The van der Waals surface area contributed by atoms with Crippen LogP contribution in [0.3, 0.4) is 0 Å². The molecule has 0 saturated heterocycles. The van der Waals surface area contributed by atoms with Crippen LogP contribution in [0, 0.1) is 0 Å². The maximum absolute atomic E-state index is 12.2. The van der Waals surface area contributed by atoms with Crippen molar-refractivity contribution < 1.29 is 8.42 Å². The fraction of sp³-hybridized carbons (Fsp3) is 0.571. The van der Waals surface area contributed by atoms with Crippen molar-refractivity contribution in [3.8, 4) is 0 Å². The summed E-state index contributed by atoms with van der Waals surface area (Å²) in [6, 6.07) is 8.06.